The van der Waals surface area contributed by atoms with Crippen molar-refractivity contribution in [1.29, 1.82) is 0 Å². The van der Waals surface area contributed by atoms with Gasteiger partial charge < -0.3 is 5.32 Å². The smallest absolute Gasteiger partial charge is 0.257 e. The first kappa shape index (κ1) is 16.6. The molecule has 0 bridgehead atoms. The first-order valence-electron chi connectivity index (χ1n) is 7.76. The second kappa shape index (κ2) is 6.78. The van der Waals surface area contributed by atoms with E-state index < -0.39 is 0 Å². The number of carbonyl (C=O) groups is 1. The molecule has 0 atom stereocenters. The van der Waals surface area contributed by atoms with Gasteiger partial charge in [0.1, 0.15) is 5.82 Å². The Kier molecular flexibility index (Phi) is 4.32. The molecule has 4 rings (SSSR count). The highest BCUT2D eigenvalue weighted by Crippen LogP contribution is 2.26. The number of hydrogen-bond donors (Lipinski definition) is 2. The van der Waals surface area contributed by atoms with Crippen LogP contribution in [0.2, 0.25) is 0 Å². The molecule has 3 aromatic carbocycles. The van der Waals surface area contributed by atoms with Crippen molar-refractivity contribution in [1.82, 2.24) is 10.3 Å². The Morgan fingerprint density at radius 1 is 1.04 bits per heavy atom. The number of fused-ring (bicyclic) bond motifs is 2. The van der Waals surface area contributed by atoms with Crippen molar-refractivity contribution in [3.63, 3.8) is 0 Å². The fourth-order valence-corrected chi connectivity index (χ4v) is 3.74. The lowest BCUT2D eigenvalue weighted by molar-refractivity contribution is 0.0978. The van der Waals surface area contributed by atoms with Crippen LogP contribution in [0.3, 0.4) is 0 Å². The average molecular weight is 381 g/mol. The first-order chi connectivity index (χ1) is 12.6. The molecule has 0 aliphatic heterocycles. The summed E-state index contributed by atoms with van der Waals surface area (Å²) in [5.41, 5.74) is 1.18. The van der Waals surface area contributed by atoms with Crippen molar-refractivity contribution in [2.75, 3.05) is 5.32 Å². The van der Waals surface area contributed by atoms with E-state index in [-0.39, 0.29) is 16.8 Å². The molecule has 4 aromatic rings. The highest BCUT2D eigenvalue weighted by Gasteiger charge is 2.11. The van der Waals surface area contributed by atoms with E-state index in [1.807, 2.05) is 36.4 Å². The van der Waals surface area contributed by atoms with Crippen LogP contribution in [0.5, 0.6) is 0 Å². The third kappa shape index (κ3) is 3.40. The van der Waals surface area contributed by atoms with Crippen LogP contribution in [0.1, 0.15) is 10.4 Å². The van der Waals surface area contributed by atoms with Gasteiger partial charge in [-0.3, -0.25) is 10.1 Å². The van der Waals surface area contributed by atoms with Crippen molar-refractivity contribution in [3.05, 3.63) is 72.0 Å². The number of nitrogens with zero attached hydrogens (tertiary/aromatic N) is 1. The lowest BCUT2D eigenvalue weighted by atomic mass is 10.1. The Hall–Kier alpha value is -2.90. The zero-order valence-corrected chi connectivity index (χ0v) is 15.0. The standard InChI is InChI=1S/C19H12FN3OS2/c20-14-7-8-15-16(10-14)26-19(21-15)23-18(25)22-17(24)13-6-5-11-3-1-2-4-12(11)9-13/h1-10H,(H2,21,22,23,24,25). The highest BCUT2D eigenvalue weighted by molar-refractivity contribution is 7.80. The molecule has 1 aromatic heterocycles. The number of benzene rings is 3. The zero-order valence-electron chi connectivity index (χ0n) is 13.3. The van der Waals surface area contributed by atoms with E-state index >= 15 is 0 Å². The van der Waals surface area contributed by atoms with E-state index in [0.717, 1.165) is 10.8 Å². The van der Waals surface area contributed by atoms with Crippen LogP contribution in [-0.2, 0) is 0 Å². The molecule has 0 saturated heterocycles. The molecule has 26 heavy (non-hydrogen) atoms. The van der Waals surface area contributed by atoms with Crippen molar-refractivity contribution in [2.45, 2.75) is 0 Å². The topological polar surface area (TPSA) is 54.0 Å². The molecule has 7 heteroatoms. The van der Waals surface area contributed by atoms with Crippen LogP contribution >= 0.6 is 23.6 Å². The molecule has 0 aliphatic rings. The van der Waals surface area contributed by atoms with Crippen LogP contribution in [0.15, 0.2) is 60.7 Å². The van der Waals surface area contributed by atoms with Gasteiger partial charge >= 0.3 is 0 Å². The van der Waals surface area contributed by atoms with Crippen molar-refractivity contribution in [2.24, 2.45) is 0 Å². The number of aromatic nitrogens is 1. The van der Waals surface area contributed by atoms with E-state index in [4.69, 9.17) is 12.2 Å². The summed E-state index contributed by atoms with van der Waals surface area (Å²) in [6, 6.07) is 17.6. The minimum absolute atomic E-state index is 0.141. The quantitative estimate of drug-likeness (QED) is 0.494. The van der Waals surface area contributed by atoms with Gasteiger partial charge in [-0.2, -0.15) is 0 Å². The lowest BCUT2D eigenvalue weighted by Gasteiger charge is -2.08. The van der Waals surface area contributed by atoms with Gasteiger partial charge in [-0.15, -0.1) is 0 Å². The van der Waals surface area contributed by atoms with Gasteiger partial charge in [0, 0.05) is 5.56 Å². The SMILES string of the molecule is O=C(NC(=S)Nc1nc2ccc(F)cc2s1)c1ccc2ccccc2c1. The van der Waals surface area contributed by atoms with Crippen molar-refractivity contribution >= 4 is 60.7 Å². The predicted molar refractivity (Wildman–Crippen MR) is 107 cm³/mol. The first-order valence-corrected chi connectivity index (χ1v) is 8.98. The maximum absolute atomic E-state index is 13.3. The van der Waals surface area contributed by atoms with Gasteiger partial charge in [-0.1, -0.05) is 41.7 Å². The molecule has 0 fully saturated rings. The second-order valence-corrected chi connectivity index (χ2v) is 7.04. The maximum atomic E-state index is 13.3. The van der Waals surface area contributed by atoms with Crippen LogP contribution < -0.4 is 10.6 Å². The molecule has 0 radical (unpaired) electrons. The molecule has 0 saturated carbocycles. The Bertz CT molecular complexity index is 1160. The monoisotopic (exact) mass is 381 g/mol. The van der Waals surface area contributed by atoms with Crippen LogP contribution in [0, 0.1) is 5.82 Å². The summed E-state index contributed by atoms with van der Waals surface area (Å²) >= 11 is 6.45. The number of carbonyl (C=O) groups excluding carboxylic acids is 1. The second-order valence-electron chi connectivity index (χ2n) is 5.60. The van der Waals surface area contributed by atoms with Gasteiger partial charge in [0.2, 0.25) is 0 Å². The van der Waals surface area contributed by atoms with Crippen molar-refractivity contribution in [3.8, 4) is 0 Å². The summed E-state index contributed by atoms with van der Waals surface area (Å²) in [6.45, 7) is 0. The summed E-state index contributed by atoms with van der Waals surface area (Å²) in [7, 11) is 0. The number of thiocarbonyl (C=S) groups is 1. The van der Waals surface area contributed by atoms with Crippen molar-refractivity contribution < 1.29 is 9.18 Å². The third-order valence-corrected chi connectivity index (χ3v) is 4.95. The molecule has 4 nitrogen and oxygen atoms in total. The van der Waals surface area contributed by atoms with Crippen LogP contribution in [0.25, 0.3) is 21.0 Å². The minimum atomic E-state index is -0.320. The summed E-state index contributed by atoms with van der Waals surface area (Å²) in [6.07, 6.45) is 0. The number of hydrogen-bond acceptors (Lipinski definition) is 4. The summed E-state index contributed by atoms with van der Waals surface area (Å²) in [4.78, 5) is 16.7. The van der Waals surface area contributed by atoms with E-state index in [0.29, 0.717) is 20.9 Å². The van der Waals surface area contributed by atoms with E-state index in [9.17, 15) is 9.18 Å². The van der Waals surface area contributed by atoms with Gasteiger partial charge in [0.25, 0.3) is 5.91 Å². The highest BCUT2D eigenvalue weighted by atomic mass is 32.1. The predicted octanol–water partition coefficient (Wildman–Crippen LogP) is 4.72. The molecule has 0 spiro atoms. The maximum Gasteiger partial charge on any atom is 0.257 e. The minimum Gasteiger partial charge on any atom is -0.308 e. The fraction of sp³-hybridized carbons (Fsp3) is 0. The Labute approximate surface area is 157 Å². The van der Waals surface area contributed by atoms with Gasteiger partial charge in [0.05, 0.1) is 10.2 Å². The van der Waals surface area contributed by atoms with E-state index in [2.05, 4.69) is 15.6 Å². The molecule has 1 heterocycles. The molecular weight excluding hydrogens is 369 g/mol. The Morgan fingerprint density at radius 3 is 2.69 bits per heavy atom. The average Bonchev–Trinajstić information content (AvgIpc) is 3.02. The molecule has 128 valence electrons. The zero-order chi connectivity index (χ0) is 18.1. The lowest BCUT2D eigenvalue weighted by Crippen LogP contribution is -2.34. The molecule has 0 unspecified atom stereocenters. The fourth-order valence-electron chi connectivity index (χ4n) is 2.59. The largest absolute Gasteiger partial charge is 0.308 e. The number of rotatable bonds is 2. The van der Waals surface area contributed by atoms with Crippen LogP contribution in [-0.4, -0.2) is 16.0 Å². The Balaban J connectivity index is 1.48. The van der Waals surface area contributed by atoms with Gasteiger partial charge in [-0.05, 0) is 53.3 Å². The Morgan fingerprint density at radius 2 is 1.85 bits per heavy atom. The molecule has 1 amide bonds. The number of anilines is 1. The van der Waals surface area contributed by atoms with Crippen LogP contribution in [0.4, 0.5) is 9.52 Å². The van der Waals surface area contributed by atoms with Gasteiger partial charge in [0.15, 0.2) is 10.2 Å². The summed E-state index contributed by atoms with van der Waals surface area (Å²) in [5.74, 6) is -0.625. The number of nitrogens with one attached hydrogen (secondary N) is 2. The molecule has 2 N–H and O–H groups in total. The summed E-state index contributed by atoms with van der Waals surface area (Å²) < 4.78 is 14.0. The van der Waals surface area contributed by atoms with E-state index in [1.54, 1.807) is 12.1 Å². The molecule has 0 aliphatic carbocycles. The van der Waals surface area contributed by atoms with E-state index in [1.165, 1.54) is 23.5 Å². The molecular formula is C19H12FN3OS2. The number of amides is 1. The number of halogens is 1. The normalized spacial score (nSPS) is 10.8. The summed E-state index contributed by atoms with van der Waals surface area (Å²) in [5, 5.41) is 8.19. The van der Waals surface area contributed by atoms with Gasteiger partial charge in [-0.25, -0.2) is 9.37 Å². The third-order valence-electron chi connectivity index (χ3n) is 3.81. The number of thiazole rings is 1.